The van der Waals surface area contributed by atoms with Crippen LogP contribution < -0.4 is 9.64 Å². The van der Waals surface area contributed by atoms with Crippen LogP contribution in [0.3, 0.4) is 0 Å². The van der Waals surface area contributed by atoms with Crippen LogP contribution >= 0.6 is 0 Å². The van der Waals surface area contributed by atoms with E-state index in [1.807, 2.05) is 11.8 Å². The molecular weight excluding hydrogens is 357 g/mol. The first kappa shape index (κ1) is 17.1. The molecule has 0 aliphatic carbocycles. The number of halogens is 3. The molecule has 3 aromatic rings. The maximum absolute atomic E-state index is 13.8. The Hall–Kier alpha value is -3.29. The molecule has 0 saturated heterocycles. The Balaban J connectivity index is 1.74. The molecule has 1 aliphatic heterocycles. The number of alkyl halides is 2. The van der Waals surface area contributed by atoms with E-state index < -0.39 is 6.61 Å². The molecule has 0 radical (unpaired) electrons. The molecule has 1 aliphatic rings. The molecule has 0 amide bonds. The van der Waals surface area contributed by atoms with Gasteiger partial charge in [0.05, 0.1) is 11.4 Å². The highest BCUT2D eigenvalue weighted by Crippen LogP contribution is 2.32. The Morgan fingerprint density at radius 1 is 1.11 bits per heavy atom. The highest BCUT2D eigenvalue weighted by molar-refractivity contribution is 5.77. The number of pyridine rings is 1. The Kier molecular flexibility index (Phi) is 4.31. The molecule has 0 saturated carbocycles. The minimum absolute atomic E-state index is 0.0769. The van der Waals surface area contributed by atoms with Crippen molar-refractivity contribution in [2.75, 3.05) is 4.90 Å². The summed E-state index contributed by atoms with van der Waals surface area (Å²) in [4.78, 5) is 10.6. The van der Waals surface area contributed by atoms with Gasteiger partial charge in [-0.2, -0.15) is 8.78 Å². The fourth-order valence-electron chi connectivity index (χ4n) is 3.17. The number of aryl methyl sites for hydroxylation is 1. The number of imidazole rings is 1. The van der Waals surface area contributed by atoms with Crippen LogP contribution in [0.15, 0.2) is 60.0 Å². The molecular formula is C19H15F3N4O. The molecule has 1 atom stereocenters. The zero-order valence-corrected chi connectivity index (χ0v) is 14.3. The molecule has 1 aromatic carbocycles. The van der Waals surface area contributed by atoms with Crippen LogP contribution in [0.4, 0.5) is 18.9 Å². The molecule has 0 N–H and O–H groups in total. The summed E-state index contributed by atoms with van der Waals surface area (Å²) < 4.78 is 44.6. The summed E-state index contributed by atoms with van der Waals surface area (Å²) in [5.41, 5.74) is 2.89. The SMILES string of the molecule is Cc1nc2ccc(F)cn2c1C1C=NC=CN1c1ccc(OC(F)F)cc1. The normalized spacial score (nSPS) is 16.5. The van der Waals surface area contributed by atoms with Crippen LogP contribution in [0.25, 0.3) is 5.65 Å². The molecule has 1 unspecified atom stereocenters. The number of aliphatic imine (C=N–C) groups is 1. The van der Waals surface area contributed by atoms with Crippen molar-refractivity contribution >= 4 is 17.5 Å². The number of hydrogen-bond acceptors (Lipinski definition) is 4. The summed E-state index contributed by atoms with van der Waals surface area (Å²) >= 11 is 0. The third-order valence-corrected chi connectivity index (χ3v) is 4.28. The number of fused-ring (bicyclic) bond motifs is 1. The van der Waals surface area contributed by atoms with E-state index in [1.54, 1.807) is 41.2 Å². The van der Waals surface area contributed by atoms with Crippen LogP contribution in [0.5, 0.6) is 5.75 Å². The number of ether oxygens (including phenoxy) is 1. The number of anilines is 1. The standard InChI is InChI=1S/C19H15F3N4O/c1-12-18(26-11-13(20)2-7-17(26)24-12)16-10-23-8-9-25(16)14-3-5-15(6-4-14)27-19(21)22/h2-11,16,19H,1H3. The second-order valence-electron chi connectivity index (χ2n) is 5.98. The summed E-state index contributed by atoms with van der Waals surface area (Å²) in [7, 11) is 0. The maximum Gasteiger partial charge on any atom is 0.387 e. The number of nitrogens with zero attached hydrogens (tertiary/aromatic N) is 4. The Morgan fingerprint density at radius 3 is 2.63 bits per heavy atom. The molecule has 138 valence electrons. The van der Waals surface area contributed by atoms with Gasteiger partial charge in [-0.3, -0.25) is 9.39 Å². The van der Waals surface area contributed by atoms with Gasteiger partial charge in [-0.15, -0.1) is 0 Å². The number of rotatable bonds is 4. The second kappa shape index (κ2) is 6.79. The average Bonchev–Trinajstić information content (AvgIpc) is 2.97. The fourth-order valence-corrected chi connectivity index (χ4v) is 3.17. The summed E-state index contributed by atoms with van der Waals surface area (Å²) in [5.74, 6) is -0.294. The van der Waals surface area contributed by atoms with E-state index in [1.165, 1.54) is 24.4 Å². The summed E-state index contributed by atoms with van der Waals surface area (Å²) in [6.45, 7) is -1.02. The Bertz CT molecular complexity index is 1030. The lowest BCUT2D eigenvalue weighted by Gasteiger charge is -2.30. The van der Waals surface area contributed by atoms with E-state index in [0.29, 0.717) is 5.65 Å². The molecule has 3 heterocycles. The van der Waals surface area contributed by atoms with Crippen LogP contribution in [-0.4, -0.2) is 22.2 Å². The Morgan fingerprint density at radius 2 is 1.89 bits per heavy atom. The van der Waals surface area contributed by atoms with E-state index in [-0.39, 0.29) is 17.6 Å². The summed E-state index contributed by atoms with van der Waals surface area (Å²) in [5, 5.41) is 0. The highest BCUT2D eigenvalue weighted by Gasteiger charge is 2.25. The van der Waals surface area contributed by atoms with Crippen LogP contribution in [0.2, 0.25) is 0 Å². The van der Waals surface area contributed by atoms with Crippen LogP contribution in [0.1, 0.15) is 17.4 Å². The minimum atomic E-state index is -2.87. The van der Waals surface area contributed by atoms with Crippen molar-refractivity contribution in [2.24, 2.45) is 4.99 Å². The van der Waals surface area contributed by atoms with Crippen molar-refractivity contribution in [3.63, 3.8) is 0 Å². The van der Waals surface area contributed by atoms with Gasteiger partial charge in [-0.1, -0.05) is 0 Å². The third kappa shape index (κ3) is 3.25. The van der Waals surface area contributed by atoms with Crippen molar-refractivity contribution in [3.05, 3.63) is 72.2 Å². The van der Waals surface area contributed by atoms with Crippen molar-refractivity contribution in [3.8, 4) is 5.75 Å². The molecule has 0 fully saturated rings. The van der Waals surface area contributed by atoms with Crippen molar-refractivity contribution in [1.82, 2.24) is 9.38 Å². The lowest BCUT2D eigenvalue weighted by atomic mass is 10.1. The smallest absolute Gasteiger partial charge is 0.387 e. The minimum Gasteiger partial charge on any atom is -0.435 e. The largest absolute Gasteiger partial charge is 0.435 e. The van der Waals surface area contributed by atoms with E-state index in [4.69, 9.17) is 0 Å². The quantitative estimate of drug-likeness (QED) is 0.678. The lowest BCUT2D eigenvalue weighted by molar-refractivity contribution is -0.0498. The zero-order valence-electron chi connectivity index (χ0n) is 14.3. The number of benzene rings is 1. The molecule has 27 heavy (non-hydrogen) atoms. The molecule has 5 nitrogen and oxygen atoms in total. The predicted octanol–water partition coefficient (Wildman–Crippen LogP) is 4.49. The molecule has 0 spiro atoms. The Labute approximate surface area is 153 Å². The average molecular weight is 372 g/mol. The lowest BCUT2D eigenvalue weighted by Crippen LogP contribution is -2.28. The number of hydrogen-bond donors (Lipinski definition) is 0. The molecule has 4 rings (SSSR count). The fraction of sp³-hybridized carbons (Fsp3) is 0.158. The van der Waals surface area contributed by atoms with Crippen molar-refractivity contribution in [1.29, 1.82) is 0 Å². The van der Waals surface area contributed by atoms with E-state index in [9.17, 15) is 13.2 Å². The topological polar surface area (TPSA) is 42.1 Å². The van der Waals surface area contributed by atoms with Gasteiger partial charge in [0, 0.05) is 30.5 Å². The van der Waals surface area contributed by atoms with Gasteiger partial charge in [0.15, 0.2) is 0 Å². The zero-order chi connectivity index (χ0) is 19.0. The van der Waals surface area contributed by atoms with Gasteiger partial charge < -0.3 is 9.64 Å². The highest BCUT2D eigenvalue weighted by atomic mass is 19.3. The van der Waals surface area contributed by atoms with Crippen LogP contribution in [-0.2, 0) is 0 Å². The van der Waals surface area contributed by atoms with Gasteiger partial charge in [-0.25, -0.2) is 9.37 Å². The van der Waals surface area contributed by atoms with Gasteiger partial charge in [0.1, 0.15) is 23.3 Å². The van der Waals surface area contributed by atoms with Crippen molar-refractivity contribution in [2.45, 2.75) is 19.6 Å². The van der Waals surface area contributed by atoms with Crippen molar-refractivity contribution < 1.29 is 17.9 Å². The summed E-state index contributed by atoms with van der Waals surface area (Å²) in [6.07, 6.45) is 6.50. The predicted molar refractivity (Wildman–Crippen MR) is 95.8 cm³/mol. The molecule has 0 bridgehead atoms. The van der Waals surface area contributed by atoms with E-state index in [0.717, 1.165) is 17.1 Å². The van der Waals surface area contributed by atoms with Gasteiger partial charge >= 0.3 is 6.61 Å². The van der Waals surface area contributed by atoms with Gasteiger partial charge in [0.25, 0.3) is 0 Å². The first-order valence-electron chi connectivity index (χ1n) is 8.20. The third-order valence-electron chi connectivity index (χ3n) is 4.28. The van der Waals surface area contributed by atoms with Crippen LogP contribution in [0, 0.1) is 12.7 Å². The van der Waals surface area contributed by atoms with Gasteiger partial charge in [-0.05, 0) is 43.3 Å². The second-order valence-corrected chi connectivity index (χ2v) is 5.98. The van der Waals surface area contributed by atoms with E-state index >= 15 is 0 Å². The first-order valence-corrected chi connectivity index (χ1v) is 8.20. The number of aromatic nitrogens is 2. The van der Waals surface area contributed by atoms with Gasteiger partial charge in [0.2, 0.25) is 0 Å². The summed E-state index contributed by atoms with van der Waals surface area (Å²) in [6, 6.07) is 8.93. The van der Waals surface area contributed by atoms with E-state index in [2.05, 4.69) is 14.7 Å². The molecule has 2 aromatic heterocycles. The maximum atomic E-state index is 13.8. The monoisotopic (exact) mass is 372 g/mol. The first-order chi connectivity index (χ1) is 13.0. The molecule has 8 heteroatoms.